The van der Waals surface area contributed by atoms with Gasteiger partial charge in [-0.25, -0.2) is 4.98 Å². The van der Waals surface area contributed by atoms with E-state index in [-0.39, 0.29) is 0 Å². The highest BCUT2D eigenvalue weighted by atomic mass is 15.2. The van der Waals surface area contributed by atoms with Crippen molar-refractivity contribution in [3.05, 3.63) is 11.5 Å². The zero-order chi connectivity index (χ0) is 13.4. The second-order valence-corrected chi connectivity index (χ2v) is 6.49. The smallest absolute Gasteiger partial charge is 0.127 e. The summed E-state index contributed by atoms with van der Waals surface area (Å²) < 4.78 is 2.40. The SMILES string of the molecule is CCC(C)c1nc(C2CCCCC2)n(C2CC2)c1N. The molecule has 0 spiro atoms. The van der Waals surface area contributed by atoms with E-state index in [1.165, 1.54) is 50.8 Å². The van der Waals surface area contributed by atoms with Crippen LogP contribution in [0.25, 0.3) is 0 Å². The molecule has 2 fully saturated rings. The maximum Gasteiger partial charge on any atom is 0.127 e. The molecule has 2 N–H and O–H groups in total. The Labute approximate surface area is 116 Å². The predicted molar refractivity (Wildman–Crippen MR) is 79.4 cm³/mol. The molecular formula is C16H27N3. The molecule has 0 radical (unpaired) electrons. The van der Waals surface area contributed by atoms with Gasteiger partial charge in [0.25, 0.3) is 0 Å². The zero-order valence-electron chi connectivity index (χ0n) is 12.4. The third kappa shape index (κ3) is 2.39. The van der Waals surface area contributed by atoms with Crippen LogP contribution in [0.3, 0.4) is 0 Å². The van der Waals surface area contributed by atoms with Crippen molar-refractivity contribution < 1.29 is 0 Å². The van der Waals surface area contributed by atoms with Crippen molar-refractivity contribution in [2.45, 2.75) is 83.1 Å². The van der Waals surface area contributed by atoms with Crippen LogP contribution < -0.4 is 5.73 Å². The first-order chi connectivity index (χ1) is 9.22. The Morgan fingerprint density at radius 2 is 1.89 bits per heavy atom. The van der Waals surface area contributed by atoms with E-state index in [0.717, 1.165) is 17.9 Å². The van der Waals surface area contributed by atoms with Gasteiger partial charge in [0.15, 0.2) is 0 Å². The number of nitrogens with zero attached hydrogens (tertiary/aromatic N) is 2. The fourth-order valence-corrected chi connectivity index (χ4v) is 3.40. The second kappa shape index (κ2) is 5.18. The number of anilines is 1. The molecule has 1 aromatic rings. The summed E-state index contributed by atoms with van der Waals surface area (Å²) in [7, 11) is 0. The molecule has 2 aliphatic rings. The number of hydrogen-bond donors (Lipinski definition) is 1. The topological polar surface area (TPSA) is 43.8 Å². The van der Waals surface area contributed by atoms with E-state index in [4.69, 9.17) is 10.7 Å². The molecule has 0 amide bonds. The van der Waals surface area contributed by atoms with Crippen LogP contribution in [0.5, 0.6) is 0 Å². The van der Waals surface area contributed by atoms with Gasteiger partial charge in [0.2, 0.25) is 0 Å². The molecule has 106 valence electrons. The summed E-state index contributed by atoms with van der Waals surface area (Å²) in [6.07, 6.45) is 10.4. The summed E-state index contributed by atoms with van der Waals surface area (Å²) in [6, 6.07) is 0.655. The Hall–Kier alpha value is -0.990. The first-order valence-corrected chi connectivity index (χ1v) is 8.09. The maximum absolute atomic E-state index is 6.43. The summed E-state index contributed by atoms with van der Waals surface area (Å²) in [5.41, 5.74) is 7.59. The van der Waals surface area contributed by atoms with Gasteiger partial charge in [0, 0.05) is 17.9 Å². The van der Waals surface area contributed by atoms with Crippen LogP contribution in [0.15, 0.2) is 0 Å². The lowest BCUT2D eigenvalue weighted by molar-refractivity contribution is 0.416. The minimum absolute atomic E-state index is 0.488. The van der Waals surface area contributed by atoms with Gasteiger partial charge in [-0.2, -0.15) is 0 Å². The van der Waals surface area contributed by atoms with Crippen LogP contribution >= 0.6 is 0 Å². The highest BCUT2D eigenvalue weighted by Gasteiger charge is 2.33. The van der Waals surface area contributed by atoms with Crippen LogP contribution in [-0.4, -0.2) is 9.55 Å². The molecule has 3 nitrogen and oxygen atoms in total. The minimum atomic E-state index is 0.488. The molecule has 1 aromatic heterocycles. The molecule has 1 unspecified atom stereocenters. The third-order valence-corrected chi connectivity index (χ3v) is 4.97. The number of nitrogen functional groups attached to an aromatic ring is 1. The molecule has 0 saturated heterocycles. The Kier molecular flexibility index (Phi) is 3.55. The summed E-state index contributed by atoms with van der Waals surface area (Å²) in [6.45, 7) is 4.47. The molecule has 2 saturated carbocycles. The number of aromatic nitrogens is 2. The van der Waals surface area contributed by atoms with Gasteiger partial charge in [-0.15, -0.1) is 0 Å². The maximum atomic E-state index is 6.43. The minimum Gasteiger partial charge on any atom is -0.384 e. The van der Waals surface area contributed by atoms with Gasteiger partial charge in [-0.3, -0.25) is 0 Å². The monoisotopic (exact) mass is 261 g/mol. The number of hydrogen-bond acceptors (Lipinski definition) is 2. The van der Waals surface area contributed by atoms with Crippen molar-refractivity contribution in [2.24, 2.45) is 0 Å². The van der Waals surface area contributed by atoms with Crippen molar-refractivity contribution in [1.82, 2.24) is 9.55 Å². The van der Waals surface area contributed by atoms with Crippen molar-refractivity contribution in [3.8, 4) is 0 Å². The normalized spacial score (nSPS) is 22.6. The molecule has 3 heteroatoms. The van der Waals surface area contributed by atoms with Crippen LogP contribution in [-0.2, 0) is 0 Å². The van der Waals surface area contributed by atoms with Gasteiger partial charge in [-0.05, 0) is 32.1 Å². The lowest BCUT2D eigenvalue weighted by Gasteiger charge is -2.22. The molecule has 0 aromatic carbocycles. The number of imidazole rings is 1. The molecule has 3 rings (SSSR count). The Balaban J connectivity index is 1.96. The van der Waals surface area contributed by atoms with E-state index in [1.54, 1.807) is 0 Å². The Morgan fingerprint density at radius 3 is 2.47 bits per heavy atom. The van der Waals surface area contributed by atoms with Gasteiger partial charge in [0.1, 0.15) is 11.6 Å². The summed E-state index contributed by atoms with van der Waals surface area (Å²) in [4.78, 5) is 5.00. The van der Waals surface area contributed by atoms with Gasteiger partial charge in [0.05, 0.1) is 5.69 Å². The fraction of sp³-hybridized carbons (Fsp3) is 0.812. The second-order valence-electron chi connectivity index (χ2n) is 6.49. The summed E-state index contributed by atoms with van der Waals surface area (Å²) >= 11 is 0. The Bertz CT molecular complexity index is 439. The highest BCUT2D eigenvalue weighted by molar-refractivity contribution is 5.42. The molecule has 1 atom stereocenters. The molecular weight excluding hydrogens is 234 g/mol. The first-order valence-electron chi connectivity index (χ1n) is 8.09. The van der Waals surface area contributed by atoms with Crippen molar-refractivity contribution in [2.75, 3.05) is 5.73 Å². The number of rotatable bonds is 4. The first kappa shape index (κ1) is 13.0. The lowest BCUT2D eigenvalue weighted by atomic mass is 9.88. The van der Waals surface area contributed by atoms with Gasteiger partial charge < -0.3 is 10.3 Å². The molecule has 1 heterocycles. The van der Waals surface area contributed by atoms with Crippen LogP contribution in [0, 0.1) is 0 Å². The molecule has 0 bridgehead atoms. The van der Waals surface area contributed by atoms with Gasteiger partial charge >= 0.3 is 0 Å². The number of nitrogens with two attached hydrogens (primary N) is 1. The lowest BCUT2D eigenvalue weighted by Crippen LogP contribution is -2.12. The quantitative estimate of drug-likeness (QED) is 0.875. The average molecular weight is 261 g/mol. The van der Waals surface area contributed by atoms with E-state index in [2.05, 4.69) is 18.4 Å². The van der Waals surface area contributed by atoms with Crippen LogP contribution in [0.4, 0.5) is 5.82 Å². The van der Waals surface area contributed by atoms with E-state index in [9.17, 15) is 0 Å². The van der Waals surface area contributed by atoms with Crippen molar-refractivity contribution >= 4 is 5.82 Å². The highest BCUT2D eigenvalue weighted by Crippen LogP contribution is 2.44. The van der Waals surface area contributed by atoms with Crippen molar-refractivity contribution in [1.29, 1.82) is 0 Å². The van der Waals surface area contributed by atoms with E-state index in [0.29, 0.717) is 17.9 Å². The van der Waals surface area contributed by atoms with E-state index in [1.807, 2.05) is 0 Å². The fourth-order valence-electron chi connectivity index (χ4n) is 3.40. The summed E-state index contributed by atoms with van der Waals surface area (Å²) in [5.74, 6) is 3.43. The Morgan fingerprint density at radius 1 is 1.21 bits per heavy atom. The third-order valence-electron chi connectivity index (χ3n) is 4.97. The molecule has 0 aliphatic heterocycles. The summed E-state index contributed by atoms with van der Waals surface area (Å²) in [5, 5.41) is 0. The average Bonchev–Trinajstić information content (AvgIpc) is 3.22. The molecule has 19 heavy (non-hydrogen) atoms. The molecule has 2 aliphatic carbocycles. The van der Waals surface area contributed by atoms with Gasteiger partial charge in [-0.1, -0.05) is 33.1 Å². The van der Waals surface area contributed by atoms with E-state index >= 15 is 0 Å². The predicted octanol–water partition coefficient (Wildman–Crippen LogP) is 4.36. The largest absolute Gasteiger partial charge is 0.384 e. The standard InChI is InChI=1S/C16H27N3/c1-3-11(2)14-15(17)19(13-9-10-13)16(18-14)12-7-5-4-6-8-12/h11-13H,3-10,17H2,1-2H3. The van der Waals surface area contributed by atoms with Crippen molar-refractivity contribution in [3.63, 3.8) is 0 Å². The zero-order valence-corrected chi connectivity index (χ0v) is 12.4. The van der Waals surface area contributed by atoms with E-state index < -0.39 is 0 Å². The van der Waals surface area contributed by atoms with Crippen LogP contribution in [0.2, 0.25) is 0 Å². The van der Waals surface area contributed by atoms with Crippen LogP contribution in [0.1, 0.15) is 94.6 Å².